The molecule has 2 saturated heterocycles. The molecule has 1 aliphatic carbocycles. The maximum Gasteiger partial charge on any atom is 0.237 e. The molecule has 1 aromatic rings. The highest BCUT2D eigenvalue weighted by atomic mass is 16.5. The lowest BCUT2D eigenvalue weighted by atomic mass is 9.85. The van der Waals surface area contributed by atoms with E-state index >= 15 is 0 Å². The Morgan fingerprint density at radius 2 is 2.00 bits per heavy atom. The van der Waals surface area contributed by atoms with E-state index in [1.54, 1.807) is 7.11 Å². The Balaban J connectivity index is 1.42. The van der Waals surface area contributed by atoms with Crippen LogP contribution in [0.1, 0.15) is 56.6 Å². The lowest BCUT2D eigenvalue weighted by Gasteiger charge is -2.29. The third-order valence-corrected chi connectivity index (χ3v) is 6.73. The molecule has 3 fully saturated rings. The van der Waals surface area contributed by atoms with Crippen molar-refractivity contribution >= 4 is 5.91 Å². The molecule has 2 aliphatic heterocycles. The lowest BCUT2D eigenvalue weighted by Crippen LogP contribution is -2.45. The van der Waals surface area contributed by atoms with Gasteiger partial charge in [0.1, 0.15) is 5.75 Å². The van der Waals surface area contributed by atoms with Crippen LogP contribution in [0, 0.1) is 5.92 Å². The first-order valence-corrected chi connectivity index (χ1v) is 10.7. The van der Waals surface area contributed by atoms with E-state index in [0.29, 0.717) is 18.5 Å². The third kappa shape index (κ3) is 4.14. The van der Waals surface area contributed by atoms with Gasteiger partial charge in [0.15, 0.2) is 0 Å². The van der Waals surface area contributed by atoms with Crippen molar-refractivity contribution in [2.24, 2.45) is 5.92 Å². The highest BCUT2D eigenvalue weighted by Gasteiger charge is 2.38. The second-order valence-corrected chi connectivity index (χ2v) is 8.35. The summed E-state index contributed by atoms with van der Waals surface area (Å²) in [5.74, 6) is 1.77. The summed E-state index contributed by atoms with van der Waals surface area (Å²) < 4.78 is 5.60. The number of rotatable bonds is 6. The largest absolute Gasteiger partial charge is 0.496 e. The molecule has 1 amide bonds. The van der Waals surface area contributed by atoms with Gasteiger partial charge in [-0.1, -0.05) is 31.0 Å². The first-order chi connectivity index (χ1) is 13.3. The lowest BCUT2D eigenvalue weighted by molar-refractivity contribution is -0.123. The fraction of sp³-hybridized carbons (Fsp3) is 0.682. The zero-order valence-corrected chi connectivity index (χ0v) is 16.5. The summed E-state index contributed by atoms with van der Waals surface area (Å²) in [6.45, 7) is 2.82. The Bertz CT molecular complexity index is 630. The normalized spacial score (nSPS) is 29.3. The van der Waals surface area contributed by atoms with Crippen molar-refractivity contribution in [3.05, 3.63) is 29.8 Å². The van der Waals surface area contributed by atoms with Crippen LogP contribution in [-0.2, 0) is 4.79 Å². The average molecular weight is 372 g/mol. The second-order valence-electron chi connectivity index (χ2n) is 8.35. The molecular weight excluding hydrogens is 338 g/mol. The monoisotopic (exact) mass is 371 g/mol. The van der Waals surface area contributed by atoms with Crippen molar-refractivity contribution in [2.45, 2.75) is 63.1 Å². The molecule has 27 heavy (non-hydrogen) atoms. The van der Waals surface area contributed by atoms with Gasteiger partial charge >= 0.3 is 0 Å². The van der Waals surface area contributed by atoms with Gasteiger partial charge in [-0.2, -0.15) is 0 Å². The Morgan fingerprint density at radius 1 is 1.22 bits per heavy atom. The summed E-state index contributed by atoms with van der Waals surface area (Å²) in [7, 11) is 1.72. The van der Waals surface area contributed by atoms with Gasteiger partial charge < -0.3 is 15.4 Å². The van der Waals surface area contributed by atoms with E-state index in [-0.39, 0.29) is 18.0 Å². The number of para-hydroxylation sites is 1. The summed E-state index contributed by atoms with van der Waals surface area (Å²) in [5, 5.41) is 6.86. The minimum atomic E-state index is -0.0185. The molecule has 4 rings (SSSR count). The maximum absolute atomic E-state index is 12.9. The molecule has 5 heteroatoms. The number of carbonyl (C=O) groups excluding carboxylic acids is 1. The Kier molecular flexibility index (Phi) is 5.98. The molecule has 148 valence electrons. The summed E-state index contributed by atoms with van der Waals surface area (Å²) in [6, 6.07) is 8.93. The first-order valence-electron chi connectivity index (χ1n) is 10.7. The van der Waals surface area contributed by atoms with Crippen molar-refractivity contribution in [2.75, 3.05) is 26.7 Å². The number of fused-ring (bicyclic) bond motifs is 1. The number of nitrogens with zero attached hydrogens (tertiary/aromatic N) is 1. The Hall–Kier alpha value is -1.59. The number of amides is 1. The van der Waals surface area contributed by atoms with Crippen LogP contribution in [0.25, 0.3) is 0 Å². The Morgan fingerprint density at radius 3 is 2.78 bits per heavy atom. The van der Waals surface area contributed by atoms with E-state index in [1.807, 2.05) is 12.1 Å². The highest BCUT2D eigenvalue weighted by molar-refractivity contribution is 5.82. The molecule has 3 aliphatic rings. The van der Waals surface area contributed by atoms with Crippen LogP contribution in [0.15, 0.2) is 24.3 Å². The first kappa shape index (κ1) is 18.8. The van der Waals surface area contributed by atoms with Crippen molar-refractivity contribution < 1.29 is 9.53 Å². The maximum atomic E-state index is 12.9. The number of benzene rings is 1. The van der Waals surface area contributed by atoms with Gasteiger partial charge in [0.2, 0.25) is 5.91 Å². The zero-order chi connectivity index (χ0) is 18.6. The third-order valence-electron chi connectivity index (χ3n) is 6.73. The van der Waals surface area contributed by atoms with Crippen molar-refractivity contribution in [1.82, 2.24) is 15.5 Å². The molecule has 5 nitrogen and oxygen atoms in total. The van der Waals surface area contributed by atoms with Gasteiger partial charge in [-0.25, -0.2) is 0 Å². The molecule has 1 aromatic carbocycles. The van der Waals surface area contributed by atoms with Gasteiger partial charge in [0.05, 0.1) is 19.2 Å². The smallest absolute Gasteiger partial charge is 0.237 e. The van der Waals surface area contributed by atoms with Crippen LogP contribution in [0.2, 0.25) is 0 Å². The molecule has 0 aromatic heterocycles. The van der Waals surface area contributed by atoms with E-state index in [0.717, 1.165) is 25.3 Å². The van der Waals surface area contributed by atoms with Crippen LogP contribution in [-0.4, -0.2) is 49.6 Å². The van der Waals surface area contributed by atoms with E-state index in [4.69, 9.17) is 4.74 Å². The molecule has 0 spiro atoms. The van der Waals surface area contributed by atoms with Crippen LogP contribution in [0.4, 0.5) is 0 Å². The molecule has 0 radical (unpaired) electrons. The van der Waals surface area contributed by atoms with Crippen LogP contribution < -0.4 is 15.4 Å². The molecule has 0 bridgehead atoms. The van der Waals surface area contributed by atoms with Crippen LogP contribution in [0.3, 0.4) is 0 Å². The summed E-state index contributed by atoms with van der Waals surface area (Å²) >= 11 is 0. The van der Waals surface area contributed by atoms with Gasteiger partial charge in [-0.3, -0.25) is 9.69 Å². The quantitative estimate of drug-likeness (QED) is 0.807. The minimum absolute atomic E-state index is 0.0185. The van der Waals surface area contributed by atoms with Gasteiger partial charge in [-0.15, -0.1) is 0 Å². The molecule has 4 unspecified atom stereocenters. The number of carbonyl (C=O) groups is 1. The number of ether oxygens (including phenoxy) is 1. The number of likely N-dealkylation sites (tertiary alicyclic amines) is 1. The number of nitrogens with one attached hydrogen (secondary N) is 2. The van der Waals surface area contributed by atoms with E-state index < -0.39 is 0 Å². The predicted octanol–water partition coefficient (Wildman–Crippen LogP) is 2.87. The predicted molar refractivity (Wildman–Crippen MR) is 107 cm³/mol. The standard InChI is InChI=1S/C22H33N3O2/c1-27-21-11-5-3-9-17(21)20(25-12-6-7-13-25)15-23-22(26)19-14-16-8-2-4-10-18(16)24-19/h3,5,9,11,16,18-20,24H,2,4,6-8,10,12-15H2,1H3,(H,23,26). The summed E-state index contributed by atoms with van der Waals surface area (Å²) in [6.07, 6.45) is 8.58. The fourth-order valence-electron chi connectivity index (χ4n) is 5.27. The highest BCUT2D eigenvalue weighted by Crippen LogP contribution is 2.34. The second kappa shape index (κ2) is 8.61. The van der Waals surface area contributed by atoms with E-state index in [1.165, 1.54) is 44.1 Å². The molecule has 2 heterocycles. The van der Waals surface area contributed by atoms with Gasteiger partial charge in [0.25, 0.3) is 0 Å². The molecule has 1 saturated carbocycles. The van der Waals surface area contributed by atoms with Crippen molar-refractivity contribution in [3.8, 4) is 5.75 Å². The van der Waals surface area contributed by atoms with Crippen molar-refractivity contribution in [1.29, 1.82) is 0 Å². The summed E-state index contributed by atoms with van der Waals surface area (Å²) in [5.41, 5.74) is 1.18. The van der Waals surface area contributed by atoms with E-state index in [2.05, 4.69) is 27.7 Å². The molecule has 2 N–H and O–H groups in total. The van der Waals surface area contributed by atoms with Gasteiger partial charge in [-0.05, 0) is 57.2 Å². The SMILES string of the molecule is COc1ccccc1C(CNC(=O)C1CC2CCCCC2N1)N1CCCC1. The number of hydrogen-bond acceptors (Lipinski definition) is 4. The van der Waals surface area contributed by atoms with Crippen LogP contribution >= 0.6 is 0 Å². The summed E-state index contributed by atoms with van der Waals surface area (Å²) in [4.78, 5) is 15.4. The van der Waals surface area contributed by atoms with E-state index in [9.17, 15) is 4.79 Å². The topological polar surface area (TPSA) is 53.6 Å². The molecule has 4 atom stereocenters. The average Bonchev–Trinajstić information content (AvgIpc) is 3.38. The number of methoxy groups -OCH3 is 1. The number of hydrogen-bond donors (Lipinski definition) is 2. The minimum Gasteiger partial charge on any atom is -0.496 e. The Labute approximate surface area is 162 Å². The molecular formula is C22H33N3O2. The van der Waals surface area contributed by atoms with Crippen LogP contribution in [0.5, 0.6) is 5.75 Å². The zero-order valence-electron chi connectivity index (χ0n) is 16.5. The fourth-order valence-corrected chi connectivity index (χ4v) is 5.27. The van der Waals surface area contributed by atoms with Crippen molar-refractivity contribution in [3.63, 3.8) is 0 Å². The van der Waals surface area contributed by atoms with Gasteiger partial charge in [0, 0.05) is 18.2 Å².